The summed E-state index contributed by atoms with van der Waals surface area (Å²) in [7, 11) is 0. The lowest BCUT2D eigenvalue weighted by atomic mass is 10.1. The van der Waals surface area contributed by atoms with Gasteiger partial charge in [0.15, 0.2) is 6.10 Å². The minimum atomic E-state index is -0.535. The summed E-state index contributed by atoms with van der Waals surface area (Å²) in [5.41, 5.74) is 2.32. The lowest BCUT2D eigenvalue weighted by Crippen LogP contribution is -2.43. The molecule has 1 amide bonds. The third-order valence-electron chi connectivity index (χ3n) is 4.26. The highest BCUT2D eigenvalue weighted by Crippen LogP contribution is 2.16. The van der Waals surface area contributed by atoms with Gasteiger partial charge >= 0.3 is 0 Å². The number of hydrogen-bond acceptors (Lipinski definition) is 3. The Morgan fingerprint density at radius 2 is 1.81 bits per heavy atom. The molecule has 0 heterocycles. The molecular formula is C22H26N2O2. The maximum Gasteiger partial charge on any atom is 0.263 e. The lowest BCUT2D eigenvalue weighted by Gasteiger charge is -2.27. The second kappa shape index (κ2) is 10.2. The molecule has 26 heavy (non-hydrogen) atoms. The van der Waals surface area contributed by atoms with E-state index in [-0.39, 0.29) is 5.91 Å². The predicted octanol–water partition coefficient (Wildman–Crippen LogP) is 4.14. The third-order valence-corrected chi connectivity index (χ3v) is 4.26. The average molecular weight is 350 g/mol. The van der Waals surface area contributed by atoms with Gasteiger partial charge in [-0.3, -0.25) is 4.79 Å². The Morgan fingerprint density at radius 3 is 2.42 bits per heavy atom. The number of ether oxygens (including phenoxy) is 1. The van der Waals surface area contributed by atoms with Gasteiger partial charge in [0.2, 0.25) is 0 Å². The van der Waals surface area contributed by atoms with Gasteiger partial charge in [-0.1, -0.05) is 55.0 Å². The van der Waals surface area contributed by atoms with Crippen LogP contribution in [0.4, 0.5) is 0 Å². The van der Waals surface area contributed by atoms with Gasteiger partial charge in [-0.25, -0.2) is 0 Å². The molecule has 0 bridgehead atoms. The van der Waals surface area contributed by atoms with Gasteiger partial charge in [0, 0.05) is 13.1 Å². The van der Waals surface area contributed by atoms with Crippen molar-refractivity contribution in [1.29, 1.82) is 5.26 Å². The summed E-state index contributed by atoms with van der Waals surface area (Å²) < 4.78 is 5.92. The quantitative estimate of drug-likeness (QED) is 0.683. The zero-order valence-corrected chi connectivity index (χ0v) is 15.5. The van der Waals surface area contributed by atoms with Crippen molar-refractivity contribution in [3.8, 4) is 11.8 Å². The molecule has 2 aromatic rings. The van der Waals surface area contributed by atoms with Crippen LogP contribution in [0.15, 0.2) is 54.6 Å². The van der Waals surface area contributed by atoms with Gasteiger partial charge in [0.25, 0.3) is 5.91 Å². The first-order valence-corrected chi connectivity index (χ1v) is 9.07. The van der Waals surface area contributed by atoms with Crippen molar-refractivity contribution in [2.45, 2.75) is 39.2 Å². The van der Waals surface area contributed by atoms with Crippen LogP contribution in [0, 0.1) is 18.3 Å². The highest BCUT2D eigenvalue weighted by atomic mass is 16.5. The van der Waals surface area contributed by atoms with E-state index in [0.717, 1.165) is 12.0 Å². The second-order valence-electron chi connectivity index (χ2n) is 6.30. The standard InChI is InChI=1S/C22H26N2O2/c1-3-21(26-20-12-10-18(2)11-13-20)22(25)24(16-7-15-23)17-14-19-8-5-4-6-9-19/h4-6,8-13,21H,3,7,14,16-17H2,1-2H3. The Kier molecular flexibility index (Phi) is 7.70. The molecule has 1 unspecified atom stereocenters. The zero-order chi connectivity index (χ0) is 18.8. The fourth-order valence-electron chi connectivity index (χ4n) is 2.72. The number of nitriles is 1. The first-order valence-electron chi connectivity index (χ1n) is 9.07. The smallest absolute Gasteiger partial charge is 0.263 e. The van der Waals surface area contributed by atoms with Gasteiger partial charge in [0.05, 0.1) is 12.5 Å². The molecule has 2 aromatic carbocycles. The highest BCUT2D eigenvalue weighted by molar-refractivity contribution is 5.81. The van der Waals surface area contributed by atoms with Crippen LogP contribution in [-0.4, -0.2) is 30.0 Å². The van der Waals surface area contributed by atoms with E-state index in [1.165, 1.54) is 5.56 Å². The number of benzene rings is 2. The molecule has 4 nitrogen and oxygen atoms in total. The number of hydrogen-bond donors (Lipinski definition) is 0. The highest BCUT2D eigenvalue weighted by Gasteiger charge is 2.24. The van der Waals surface area contributed by atoms with Crippen LogP contribution in [-0.2, 0) is 11.2 Å². The number of carbonyl (C=O) groups excluding carboxylic acids is 1. The van der Waals surface area contributed by atoms with Crippen LogP contribution >= 0.6 is 0 Å². The van der Waals surface area contributed by atoms with E-state index in [9.17, 15) is 4.79 Å². The van der Waals surface area contributed by atoms with Crippen molar-refractivity contribution in [2.75, 3.05) is 13.1 Å². The molecule has 2 rings (SSSR count). The summed E-state index contributed by atoms with van der Waals surface area (Å²) in [5, 5.41) is 8.92. The summed E-state index contributed by atoms with van der Waals surface area (Å²) in [4.78, 5) is 14.7. The number of nitrogens with zero attached hydrogens (tertiary/aromatic N) is 2. The minimum absolute atomic E-state index is 0.0562. The Bertz CT molecular complexity index is 720. The van der Waals surface area contributed by atoms with Crippen molar-refractivity contribution in [2.24, 2.45) is 0 Å². The van der Waals surface area contributed by atoms with Crippen LogP contribution in [0.5, 0.6) is 5.75 Å². The summed E-state index contributed by atoms with van der Waals surface area (Å²) in [6.07, 6.45) is 1.13. The molecule has 0 saturated carbocycles. The Labute approximate surface area is 156 Å². The summed E-state index contributed by atoms with van der Waals surface area (Å²) in [5.74, 6) is 0.637. The molecule has 0 aliphatic heterocycles. The number of aryl methyl sites for hydroxylation is 1. The largest absolute Gasteiger partial charge is 0.481 e. The van der Waals surface area contributed by atoms with Crippen LogP contribution in [0.3, 0.4) is 0 Å². The van der Waals surface area contributed by atoms with Crippen molar-refractivity contribution >= 4 is 5.91 Å². The van der Waals surface area contributed by atoms with Crippen molar-refractivity contribution in [3.63, 3.8) is 0 Å². The van der Waals surface area contributed by atoms with E-state index >= 15 is 0 Å². The fourth-order valence-corrected chi connectivity index (χ4v) is 2.72. The maximum atomic E-state index is 13.0. The second-order valence-corrected chi connectivity index (χ2v) is 6.30. The van der Waals surface area contributed by atoms with Crippen LogP contribution < -0.4 is 4.74 Å². The molecule has 0 spiro atoms. The summed E-state index contributed by atoms with van der Waals surface area (Å²) in [6.45, 7) is 4.96. The van der Waals surface area contributed by atoms with E-state index in [4.69, 9.17) is 10.00 Å². The van der Waals surface area contributed by atoms with Gasteiger partial charge < -0.3 is 9.64 Å². The Morgan fingerprint density at radius 1 is 1.12 bits per heavy atom. The van der Waals surface area contributed by atoms with Gasteiger partial charge in [-0.05, 0) is 37.5 Å². The third kappa shape index (κ3) is 5.93. The number of carbonyl (C=O) groups is 1. The predicted molar refractivity (Wildman–Crippen MR) is 103 cm³/mol. The van der Waals surface area contributed by atoms with Gasteiger partial charge in [0.1, 0.15) is 5.75 Å². The average Bonchev–Trinajstić information content (AvgIpc) is 2.68. The lowest BCUT2D eigenvalue weighted by molar-refractivity contribution is -0.138. The Balaban J connectivity index is 2.04. The fraction of sp³-hybridized carbons (Fsp3) is 0.364. The molecule has 0 N–H and O–H groups in total. The first-order chi connectivity index (χ1) is 12.6. The van der Waals surface area contributed by atoms with Crippen LogP contribution in [0.25, 0.3) is 0 Å². The maximum absolute atomic E-state index is 13.0. The first kappa shape index (κ1) is 19.5. The van der Waals surface area contributed by atoms with Gasteiger partial charge in [-0.15, -0.1) is 0 Å². The molecule has 0 aromatic heterocycles. The van der Waals surface area contributed by atoms with Crippen LogP contribution in [0.1, 0.15) is 30.9 Å². The SMILES string of the molecule is CCC(Oc1ccc(C)cc1)C(=O)N(CCC#N)CCc1ccccc1. The summed E-state index contributed by atoms with van der Waals surface area (Å²) in [6, 6.07) is 19.9. The van der Waals surface area contributed by atoms with E-state index < -0.39 is 6.10 Å². The van der Waals surface area contributed by atoms with Crippen molar-refractivity contribution < 1.29 is 9.53 Å². The molecular weight excluding hydrogens is 324 g/mol. The topological polar surface area (TPSA) is 53.3 Å². The van der Waals surface area contributed by atoms with Crippen LogP contribution in [0.2, 0.25) is 0 Å². The van der Waals surface area contributed by atoms with E-state index in [2.05, 4.69) is 6.07 Å². The minimum Gasteiger partial charge on any atom is -0.481 e. The molecule has 4 heteroatoms. The van der Waals surface area contributed by atoms with Crippen molar-refractivity contribution in [1.82, 2.24) is 4.90 Å². The normalized spacial score (nSPS) is 11.4. The molecule has 0 radical (unpaired) electrons. The van der Waals surface area contributed by atoms with E-state index in [1.807, 2.05) is 68.4 Å². The number of amides is 1. The van der Waals surface area contributed by atoms with E-state index in [1.54, 1.807) is 4.90 Å². The molecule has 0 aliphatic carbocycles. The molecule has 136 valence electrons. The molecule has 0 saturated heterocycles. The zero-order valence-electron chi connectivity index (χ0n) is 15.5. The monoisotopic (exact) mass is 350 g/mol. The van der Waals surface area contributed by atoms with Crippen molar-refractivity contribution in [3.05, 3.63) is 65.7 Å². The van der Waals surface area contributed by atoms with E-state index in [0.29, 0.717) is 31.7 Å². The molecule has 0 aliphatic rings. The number of rotatable bonds is 9. The Hall–Kier alpha value is -2.80. The summed E-state index contributed by atoms with van der Waals surface area (Å²) >= 11 is 0. The molecule has 0 fully saturated rings. The van der Waals surface area contributed by atoms with Gasteiger partial charge in [-0.2, -0.15) is 5.26 Å². The molecule has 1 atom stereocenters.